The monoisotopic (exact) mass is 283 g/mol. The summed E-state index contributed by atoms with van der Waals surface area (Å²) in [5.74, 6) is 0. The van der Waals surface area contributed by atoms with Crippen LogP contribution in [-0.4, -0.2) is 36.8 Å². The van der Waals surface area contributed by atoms with Gasteiger partial charge in [-0.15, -0.1) is 0 Å². The lowest BCUT2D eigenvalue weighted by Gasteiger charge is -2.11. The van der Waals surface area contributed by atoms with E-state index >= 15 is 0 Å². The van der Waals surface area contributed by atoms with Gasteiger partial charge in [0, 0.05) is 20.3 Å². The molecule has 18 heavy (non-hydrogen) atoms. The van der Waals surface area contributed by atoms with Crippen molar-refractivity contribution in [2.24, 2.45) is 0 Å². The van der Waals surface area contributed by atoms with Gasteiger partial charge in [-0.05, 0) is 29.9 Å². The van der Waals surface area contributed by atoms with Gasteiger partial charge in [-0.2, -0.15) is 0 Å². The minimum absolute atomic E-state index is 0.269. The van der Waals surface area contributed by atoms with Gasteiger partial charge >= 0.3 is 0 Å². The summed E-state index contributed by atoms with van der Waals surface area (Å²) in [6, 6.07) is 6.64. The van der Waals surface area contributed by atoms with E-state index in [1.165, 1.54) is 18.4 Å². The molecule has 1 aromatic heterocycles. The molecule has 0 aliphatic heterocycles. The van der Waals surface area contributed by atoms with Crippen molar-refractivity contribution in [1.29, 1.82) is 0 Å². The van der Waals surface area contributed by atoms with Crippen molar-refractivity contribution in [3.63, 3.8) is 0 Å². The minimum Gasteiger partial charge on any atom is -0.337 e. The van der Waals surface area contributed by atoms with Crippen molar-refractivity contribution in [3.8, 4) is 11.3 Å². The molecule has 0 saturated heterocycles. The largest absolute Gasteiger partial charge is 0.337 e. The average Bonchev–Trinajstić information content (AvgIpc) is 2.76. The first-order valence-corrected chi connectivity index (χ1v) is 7.07. The Morgan fingerprint density at radius 3 is 2.22 bits per heavy atom. The molecule has 0 aliphatic carbocycles. The summed E-state index contributed by atoms with van der Waals surface area (Å²) < 4.78 is 25.5. The maximum Gasteiger partial charge on any atom is 0.242 e. The Hall–Kier alpha value is -1.44. The third kappa shape index (κ3) is 2.38. The highest BCUT2D eigenvalue weighted by atomic mass is 32.2. The lowest BCUT2D eigenvalue weighted by atomic mass is 10.2. The fourth-order valence-electron chi connectivity index (χ4n) is 1.50. The molecule has 0 bridgehead atoms. The number of nitrogens with one attached hydrogen (secondary N) is 2. The van der Waals surface area contributed by atoms with Gasteiger partial charge in [-0.1, -0.05) is 12.1 Å². The van der Waals surface area contributed by atoms with E-state index in [0.717, 1.165) is 11.3 Å². The summed E-state index contributed by atoms with van der Waals surface area (Å²) in [5, 5.41) is 0. The number of hydrogen-bond acceptors (Lipinski definition) is 3. The van der Waals surface area contributed by atoms with E-state index in [0.29, 0.717) is 4.77 Å². The van der Waals surface area contributed by atoms with E-state index in [1.54, 1.807) is 30.5 Å². The van der Waals surface area contributed by atoms with Crippen molar-refractivity contribution >= 4 is 22.2 Å². The molecule has 0 radical (unpaired) electrons. The molecular formula is C11H13N3O2S2. The minimum atomic E-state index is -3.38. The van der Waals surface area contributed by atoms with Crippen LogP contribution in [-0.2, 0) is 10.0 Å². The standard InChI is InChI=1S/C11H13N3O2S2/c1-14(2)18(15,16)9-5-3-8(4-6-9)10-7-12-11(17)13-10/h3-7H,1-2H3,(H2,12,13,17). The number of nitrogens with zero attached hydrogens (tertiary/aromatic N) is 1. The Morgan fingerprint density at radius 2 is 1.78 bits per heavy atom. The summed E-state index contributed by atoms with van der Waals surface area (Å²) >= 11 is 4.94. The molecular weight excluding hydrogens is 270 g/mol. The molecule has 0 amide bonds. The van der Waals surface area contributed by atoms with Crippen LogP contribution in [0.25, 0.3) is 11.3 Å². The van der Waals surface area contributed by atoms with Crippen molar-refractivity contribution in [3.05, 3.63) is 35.2 Å². The number of sulfonamides is 1. The molecule has 0 aliphatic rings. The van der Waals surface area contributed by atoms with Gasteiger partial charge in [-0.3, -0.25) is 0 Å². The number of hydrogen-bond donors (Lipinski definition) is 2. The molecule has 0 saturated carbocycles. The zero-order valence-electron chi connectivity index (χ0n) is 9.97. The SMILES string of the molecule is CN(C)S(=O)(=O)c1ccc(-c2c[nH]c(=S)[nH]2)cc1. The number of aromatic nitrogens is 2. The molecule has 2 N–H and O–H groups in total. The molecule has 1 aromatic carbocycles. The molecule has 5 nitrogen and oxygen atoms in total. The van der Waals surface area contributed by atoms with Crippen molar-refractivity contribution in [1.82, 2.24) is 14.3 Å². The second-order valence-electron chi connectivity index (χ2n) is 3.97. The predicted molar refractivity (Wildman–Crippen MR) is 72.3 cm³/mol. The first-order chi connectivity index (χ1) is 8.41. The number of aromatic amines is 2. The van der Waals surface area contributed by atoms with Gasteiger partial charge in [0.05, 0.1) is 10.6 Å². The average molecular weight is 283 g/mol. The van der Waals surface area contributed by atoms with Crippen LogP contribution in [0.1, 0.15) is 0 Å². The number of rotatable bonds is 3. The highest BCUT2D eigenvalue weighted by Gasteiger charge is 2.16. The zero-order valence-corrected chi connectivity index (χ0v) is 11.6. The topological polar surface area (TPSA) is 69.0 Å². The van der Waals surface area contributed by atoms with Crippen LogP contribution in [0.4, 0.5) is 0 Å². The molecule has 7 heteroatoms. The summed E-state index contributed by atoms with van der Waals surface area (Å²) in [4.78, 5) is 6.10. The number of H-pyrrole nitrogens is 2. The second-order valence-corrected chi connectivity index (χ2v) is 6.53. The first kappa shape index (κ1) is 13.0. The molecule has 2 rings (SSSR count). The normalized spacial score (nSPS) is 11.9. The Labute approximate surface area is 111 Å². The van der Waals surface area contributed by atoms with Gasteiger partial charge in [0.1, 0.15) is 0 Å². The van der Waals surface area contributed by atoms with Gasteiger partial charge < -0.3 is 9.97 Å². The zero-order chi connectivity index (χ0) is 13.3. The quantitative estimate of drug-likeness (QED) is 0.846. The van der Waals surface area contributed by atoms with E-state index in [4.69, 9.17) is 12.2 Å². The lowest BCUT2D eigenvalue weighted by Crippen LogP contribution is -2.22. The smallest absolute Gasteiger partial charge is 0.242 e. The molecule has 0 unspecified atom stereocenters. The molecule has 0 spiro atoms. The first-order valence-electron chi connectivity index (χ1n) is 5.22. The third-order valence-corrected chi connectivity index (χ3v) is 4.59. The summed E-state index contributed by atoms with van der Waals surface area (Å²) in [7, 11) is -0.363. The number of benzene rings is 1. The van der Waals surface area contributed by atoms with Crippen molar-refractivity contribution in [2.45, 2.75) is 4.90 Å². The van der Waals surface area contributed by atoms with Crippen LogP contribution in [0.2, 0.25) is 0 Å². The summed E-state index contributed by atoms with van der Waals surface area (Å²) in [6.07, 6.45) is 1.75. The van der Waals surface area contributed by atoms with E-state index < -0.39 is 10.0 Å². The van der Waals surface area contributed by atoms with Gasteiger partial charge in [0.2, 0.25) is 10.0 Å². The summed E-state index contributed by atoms with van der Waals surface area (Å²) in [5.41, 5.74) is 1.70. The Kier molecular flexibility index (Phi) is 3.38. The second kappa shape index (κ2) is 4.68. The van der Waals surface area contributed by atoms with Crippen LogP contribution in [0.5, 0.6) is 0 Å². The Balaban J connectivity index is 2.40. The highest BCUT2D eigenvalue weighted by Crippen LogP contribution is 2.20. The third-order valence-electron chi connectivity index (χ3n) is 2.54. The maximum atomic E-state index is 11.9. The van der Waals surface area contributed by atoms with Gasteiger partial charge in [-0.25, -0.2) is 12.7 Å². The summed E-state index contributed by atoms with van der Waals surface area (Å²) in [6.45, 7) is 0. The van der Waals surface area contributed by atoms with Crippen LogP contribution in [0.3, 0.4) is 0 Å². The maximum absolute atomic E-state index is 11.9. The molecule has 2 aromatic rings. The molecule has 96 valence electrons. The van der Waals surface area contributed by atoms with Crippen LogP contribution in [0.15, 0.2) is 35.4 Å². The van der Waals surface area contributed by atoms with Crippen molar-refractivity contribution in [2.75, 3.05) is 14.1 Å². The van der Waals surface area contributed by atoms with E-state index in [2.05, 4.69) is 9.97 Å². The van der Waals surface area contributed by atoms with Gasteiger partial charge in [0.15, 0.2) is 4.77 Å². The Bertz CT molecular complexity index is 696. The fraction of sp³-hybridized carbons (Fsp3) is 0.182. The van der Waals surface area contributed by atoms with Crippen LogP contribution < -0.4 is 0 Å². The lowest BCUT2D eigenvalue weighted by molar-refractivity contribution is 0.521. The van der Waals surface area contributed by atoms with Crippen LogP contribution >= 0.6 is 12.2 Å². The fourth-order valence-corrected chi connectivity index (χ4v) is 2.58. The Morgan fingerprint density at radius 1 is 1.17 bits per heavy atom. The predicted octanol–water partition coefficient (Wildman–Crippen LogP) is 1.99. The molecule has 0 atom stereocenters. The van der Waals surface area contributed by atoms with Crippen LogP contribution in [0, 0.1) is 4.77 Å². The van der Waals surface area contributed by atoms with Crippen molar-refractivity contribution < 1.29 is 8.42 Å². The van der Waals surface area contributed by atoms with E-state index in [1.807, 2.05) is 0 Å². The number of imidazole rings is 1. The van der Waals surface area contributed by atoms with E-state index in [-0.39, 0.29) is 4.90 Å². The molecule has 0 fully saturated rings. The van der Waals surface area contributed by atoms with Gasteiger partial charge in [0.25, 0.3) is 0 Å². The molecule has 1 heterocycles. The highest BCUT2D eigenvalue weighted by molar-refractivity contribution is 7.89. The van der Waals surface area contributed by atoms with E-state index in [9.17, 15) is 8.42 Å².